The van der Waals surface area contributed by atoms with E-state index in [9.17, 15) is 9.59 Å². The first kappa shape index (κ1) is 18.4. The van der Waals surface area contributed by atoms with E-state index in [-0.39, 0.29) is 11.6 Å². The van der Waals surface area contributed by atoms with Crippen LogP contribution in [0.2, 0.25) is 0 Å². The fraction of sp³-hybridized carbons (Fsp3) is 0.370. The minimum absolute atomic E-state index is 0.225. The number of carbonyl (C=O) groups excluding carboxylic acids is 2. The molecule has 3 aromatic rings. The number of hydrogen-bond acceptors (Lipinski definition) is 5. The Morgan fingerprint density at radius 1 is 0.469 bits per heavy atom. The normalized spacial score (nSPS) is 18.1. The Hall–Kier alpha value is -3.21. The van der Waals surface area contributed by atoms with Crippen LogP contribution < -0.4 is 0 Å². The van der Waals surface area contributed by atoms with Crippen molar-refractivity contribution in [3.63, 3.8) is 0 Å². The summed E-state index contributed by atoms with van der Waals surface area (Å²) in [6, 6.07) is 6.47. The van der Waals surface area contributed by atoms with Crippen molar-refractivity contribution in [3.05, 3.63) is 63.0 Å². The highest BCUT2D eigenvalue weighted by molar-refractivity contribution is 5.99. The van der Waals surface area contributed by atoms with E-state index in [2.05, 4.69) is 18.2 Å². The van der Waals surface area contributed by atoms with Gasteiger partial charge in [-0.05, 0) is 85.8 Å². The molecule has 3 heterocycles. The molecule has 0 N–H and O–H groups in total. The van der Waals surface area contributed by atoms with Gasteiger partial charge in [0.1, 0.15) is 0 Å². The molecule has 0 aromatic carbocycles. The molecule has 0 amide bonds. The second kappa shape index (κ2) is 6.64. The maximum atomic E-state index is 12.4. The van der Waals surface area contributed by atoms with Crippen LogP contribution in [-0.2, 0) is 38.5 Å². The van der Waals surface area contributed by atoms with E-state index in [1.807, 2.05) is 0 Å². The highest BCUT2D eigenvalue weighted by atomic mass is 16.1. The Balaban J connectivity index is 1.41. The van der Waals surface area contributed by atoms with Crippen molar-refractivity contribution in [2.75, 3.05) is 0 Å². The van der Waals surface area contributed by atoms with Gasteiger partial charge < -0.3 is 0 Å². The van der Waals surface area contributed by atoms with Gasteiger partial charge in [-0.2, -0.15) is 0 Å². The van der Waals surface area contributed by atoms with E-state index >= 15 is 0 Å². The predicted octanol–water partition coefficient (Wildman–Crippen LogP) is 4.44. The smallest absolute Gasteiger partial charge is 0.164 e. The van der Waals surface area contributed by atoms with E-state index in [1.54, 1.807) is 0 Å². The van der Waals surface area contributed by atoms with Gasteiger partial charge in [-0.15, -0.1) is 0 Å². The van der Waals surface area contributed by atoms with Crippen LogP contribution in [0, 0.1) is 0 Å². The number of Topliss-reactive ketones (excluding diaryl/α,β-unsaturated/α-hetero) is 2. The molecule has 0 atom stereocenters. The lowest BCUT2D eigenvalue weighted by molar-refractivity contribution is 0.0963. The van der Waals surface area contributed by atoms with Gasteiger partial charge in [0.25, 0.3) is 0 Å². The Labute approximate surface area is 186 Å². The van der Waals surface area contributed by atoms with E-state index in [4.69, 9.17) is 15.0 Å². The van der Waals surface area contributed by atoms with E-state index < -0.39 is 0 Å². The molecule has 0 bridgehead atoms. The first-order chi connectivity index (χ1) is 15.7. The Morgan fingerprint density at radius 2 is 0.875 bits per heavy atom. The molecule has 0 spiro atoms. The molecule has 158 valence electrons. The van der Waals surface area contributed by atoms with E-state index in [0.29, 0.717) is 12.8 Å². The van der Waals surface area contributed by atoms with Crippen LogP contribution >= 0.6 is 0 Å². The number of pyridine rings is 3. The lowest BCUT2D eigenvalue weighted by atomic mass is 9.84. The number of fused-ring (bicyclic) bond motifs is 8. The van der Waals surface area contributed by atoms with Crippen molar-refractivity contribution >= 4 is 11.6 Å². The summed E-state index contributed by atoms with van der Waals surface area (Å²) in [5.74, 6) is 0.450. The molecule has 0 saturated heterocycles. The standard InChI is InChI=1S/C27H23N3O2/c31-22-5-1-3-20-18(22)12-16-9-7-14-11-15-8-10-17-13-19-21(4-2-6-23(19)32)29-25(17)27(15)30-26(14)24(16)28-20/h11-13H,1-10H2. The van der Waals surface area contributed by atoms with Crippen molar-refractivity contribution in [1.29, 1.82) is 0 Å². The molecule has 4 aliphatic carbocycles. The predicted molar refractivity (Wildman–Crippen MR) is 120 cm³/mol. The summed E-state index contributed by atoms with van der Waals surface area (Å²) in [4.78, 5) is 39.9. The molecule has 4 aliphatic rings. The van der Waals surface area contributed by atoms with Crippen LogP contribution in [0.25, 0.3) is 22.8 Å². The summed E-state index contributed by atoms with van der Waals surface area (Å²) in [5.41, 5.74) is 12.1. The van der Waals surface area contributed by atoms with Gasteiger partial charge in [0.2, 0.25) is 0 Å². The molecule has 32 heavy (non-hydrogen) atoms. The van der Waals surface area contributed by atoms with Gasteiger partial charge >= 0.3 is 0 Å². The van der Waals surface area contributed by atoms with Crippen molar-refractivity contribution in [2.45, 2.75) is 64.2 Å². The first-order valence-electron chi connectivity index (χ1n) is 11.8. The summed E-state index contributed by atoms with van der Waals surface area (Å²) >= 11 is 0. The van der Waals surface area contributed by atoms with Gasteiger partial charge in [0.15, 0.2) is 11.6 Å². The van der Waals surface area contributed by atoms with Gasteiger partial charge in [-0.25, -0.2) is 4.98 Å². The molecule has 0 fully saturated rings. The Bertz CT molecular complexity index is 1270. The number of nitrogens with zero attached hydrogens (tertiary/aromatic N) is 3. The van der Waals surface area contributed by atoms with Crippen LogP contribution in [0.1, 0.15) is 80.0 Å². The third kappa shape index (κ3) is 2.60. The minimum Gasteiger partial charge on any atom is -0.294 e. The molecule has 3 aromatic heterocycles. The lowest BCUT2D eigenvalue weighted by Gasteiger charge is -2.26. The van der Waals surface area contributed by atoms with Gasteiger partial charge in [0.05, 0.1) is 34.2 Å². The van der Waals surface area contributed by atoms with Crippen LogP contribution in [0.4, 0.5) is 0 Å². The number of carbonyl (C=O) groups is 2. The summed E-state index contributed by atoms with van der Waals surface area (Å²) in [6.07, 6.45) is 8.40. The zero-order chi connectivity index (χ0) is 21.4. The molecule has 5 nitrogen and oxygen atoms in total. The van der Waals surface area contributed by atoms with Crippen LogP contribution in [0.15, 0.2) is 18.2 Å². The fourth-order valence-corrected chi connectivity index (χ4v) is 5.88. The zero-order valence-electron chi connectivity index (χ0n) is 18.0. The van der Waals surface area contributed by atoms with Crippen LogP contribution in [0.3, 0.4) is 0 Å². The van der Waals surface area contributed by atoms with Gasteiger partial charge in [-0.1, -0.05) is 6.07 Å². The van der Waals surface area contributed by atoms with Crippen molar-refractivity contribution < 1.29 is 9.59 Å². The highest BCUT2D eigenvalue weighted by Crippen LogP contribution is 2.40. The Kier molecular flexibility index (Phi) is 3.81. The third-order valence-corrected chi connectivity index (χ3v) is 7.55. The summed E-state index contributed by atoms with van der Waals surface area (Å²) in [5, 5.41) is 0. The van der Waals surface area contributed by atoms with E-state index in [0.717, 1.165) is 108 Å². The van der Waals surface area contributed by atoms with E-state index in [1.165, 1.54) is 11.1 Å². The SMILES string of the molecule is O=C1CCCc2nc3c(cc21)CCc1cc2c(nc1-3)-c1nc3c(cc1CC2)C(=O)CCC3. The fourth-order valence-electron chi connectivity index (χ4n) is 5.88. The van der Waals surface area contributed by atoms with Gasteiger partial charge in [-0.3, -0.25) is 19.6 Å². The number of ketones is 2. The highest BCUT2D eigenvalue weighted by Gasteiger charge is 2.30. The Morgan fingerprint density at radius 3 is 1.34 bits per heavy atom. The molecule has 0 radical (unpaired) electrons. The molecular weight excluding hydrogens is 398 g/mol. The topological polar surface area (TPSA) is 72.8 Å². The average molecular weight is 422 g/mol. The van der Waals surface area contributed by atoms with Crippen molar-refractivity contribution in [1.82, 2.24) is 15.0 Å². The number of aryl methyl sites for hydroxylation is 6. The maximum Gasteiger partial charge on any atom is 0.164 e. The van der Waals surface area contributed by atoms with Crippen LogP contribution in [0.5, 0.6) is 0 Å². The second-order valence-corrected chi connectivity index (χ2v) is 9.54. The van der Waals surface area contributed by atoms with Crippen LogP contribution in [-0.4, -0.2) is 26.5 Å². The molecule has 0 saturated carbocycles. The first-order valence-corrected chi connectivity index (χ1v) is 11.8. The second-order valence-electron chi connectivity index (χ2n) is 9.54. The largest absolute Gasteiger partial charge is 0.294 e. The number of hydrogen-bond donors (Lipinski definition) is 0. The third-order valence-electron chi connectivity index (χ3n) is 7.55. The lowest BCUT2D eigenvalue weighted by Crippen LogP contribution is -2.19. The molecule has 0 unspecified atom stereocenters. The average Bonchev–Trinajstić information content (AvgIpc) is 2.81. The summed E-state index contributed by atoms with van der Waals surface area (Å²) in [6.45, 7) is 0. The molecular formula is C27H23N3O2. The summed E-state index contributed by atoms with van der Waals surface area (Å²) < 4.78 is 0. The molecule has 0 aliphatic heterocycles. The van der Waals surface area contributed by atoms with Crippen molar-refractivity contribution in [2.24, 2.45) is 0 Å². The minimum atomic E-state index is 0.225. The maximum absolute atomic E-state index is 12.4. The van der Waals surface area contributed by atoms with Crippen molar-refractivity contribution in [3.8, 4) is 22.8 Å². The number of aromatic nitrogens is 3. The number of rotatable bonds is 0. The van der Waals surface area contributed by atoms with Gasteiger partial charge in [0, 0.05) is 24.0 Å². The monoisotopic (exact) mass is 421 g/mol. The summed E-state index contributed by atoms with van der Waals surface area (Å²) in [7, 11) is 0. The molecule has 5 heteroatoms. The zero-order valence-corrected chi connectivity index (χ0v) is 18.0. The quantitative estimate of drug-likeness (QED) is 0.537. The molecule has 7 rings (SSSR count).